The largest absolute Gasteiger partial charge is 0.493 e. The second kappa shape index (κ2) is 5.74. The van der Waals surface area contributed by atoms with Crippen molar-refractivity contribution in [2.45, 2.75) is 0 Å². The van der Waals surface area contributed by atoms with Crippen molar-refractivity contribution in [1.29, 1.82) is 5.41 Å². The average molecular weight is 237 g/mol. The molecule has 0 aliphatic carbocycles. The van der Waals surface area contributed by atoms with Crippen molar-refractivity contribution in [2.75, 3.05) is 20.8 Å². The molecular weight excluding hydrogens is 222 g/mol. The smallest absolute Gasteiger partial charge is 0.257 e. The number of carbonyl (C=O) groups is 1. The molecule has 92 valence electrons. The van der Waals surface area contributed by atoms with Crippen LogP contribution in [0.5, 0.6) is 11.5 Å². The van der Waals surface area contributed by atoms with Crippen LogP contribution < -0.4 is 20.5 Å². The summed E-state index contributed by atoms with van der Waals surface area (Å²) in [4.78, 5) is 11.1. The van der Waals surface area contributed by atoms with Crippen LogP contribution in [0.4, 0.5) is 0 Å². The Bertz CT molecular complexity index is 432. The fraction of sp³-hybridized carbons (Fsp3) is 0.273. The van der Waals surface area contributed by atoms with Crippen LogP contribution in [0.15, 0.2) is 18.2 Å². The lowest BCUT2D eigenvalue weighted by atomic mass is 10.1. The van der Waals surface area contributed by atoms with Gasteiger partial charge in [-0.25, -0.2) is 0 Å². The highest BCUT2D eigenvalue weighted by molar-refractivity contribution is 5.98. The van der Waals surface area contributed by atoms with Crippen molar-refractivity contribution in [3.05, 3.63) is 23.8 Å². The van der Waals surface area contributed by atoms with Gasteiger partial charge in [0.15, 0.2) is 18.1 Å². The molecule has 0 saturated heterocycles. The molecule has 0 fully saturated rings. The molecule has 0 unspecified atom stereocenters. The second-order valence-corrected chi connectivity index (χ2v) is 3.21. The number of nitrogens with two attached hydrogens (primary N) is 1. The highest BCUT2D eigenvalue weighted by atomic mass is 16.5. The van der Waals surface area contributed by atoms with Crippen LogP contribution in [-0.4, -0.2) is 32.5 Å². The third-order valence-corrected chi connectivity index (χ3v) is 2.12. The van der Waals surface area contributed by atoms with E-state index in [1.54, 1.807) is 18.2 Å². The number of hydrogen-bond donors (Lipinski definition) is 3. The van der Waals surface area contributed by atoms with E-state index in [-0.39, 0.29) is 18.3 Å². The monoisotopic (exact) mass is 237 g/mol. The van der Waals surface area contributed by atoms with E-state index >= 15 is 0 Å². The number of methoxy groups -OCH3 is 1. The third kappa shape index (κ3) is 3.10. The molecule has 1 aromatic carbocycles. The molecule has 1 amide bonds. The summed E-state index contributed by atoms with van der Waals surface area (Å²) in [5.74, 6) is 0.314. The van der Waals surface area contributed by atoms with Gasteiger partial charge in [0.2, 0.25) is 0 Å². The fourth-order valence-electron chi connectivity index (χ4n) is 1.25. The van der Waals surface area contributed by atoms with Gasteiger partial charge in [-0.1, -0.05) is 6.07 Å². The fourth-order valence-corrected chi connectivity index (χ4v) is 1.25. The molecule has 0 bridgehead atoms. The Morgan fingerprint density at radius 2 is 2.24 bits per heavy atom. The summed E-state index contributed by atoms with van der Waals surface area (Å²) < 4.78 is 10.4. The number of nitrogen functional groups attached to an aromatic ring is 1. The molecule has 0 saturated carbocycles. The Morgan fingerprint density at radius 1 is 1.53 bits per heavy atom. The summed E-state index contributed by atoms with van der Waals surface area (Å²) in [6, 6.07) is 5.00. The first-order valence-electron chi connectivity index (χ1n) is 4.95. The number of likely N-dealkylation sites (N-methyl/N-ethyl adjacent to an activating group) is 1. The molecule has 1 aromatic rings. The van der Waals surface area contributed by atoms with Crippen molar-refractivity contribution in [3.8, 4) is 11.5 Å². The van der Waals surface area contributed by atoms with E-state index in [9.17, 15) is 4.79 Å². The zero-order valence-electron chi connectivity index (χ0n) is 9.74. The van der Waals surface area contributed by atoms with Crippen LogP contribution in [-0.2, 0) is 4.79 Å². The standard InChI is InChI=1S/C11H15N3O3/c1-14-9(15)6-17-10-7(11(12)13)4-3-5-8(10)16-2/h3-5H,6H2,1-2H3,(H3,12,13)(H,14,15). The summed E-state index contributed by atoms with van der Waals surface area (Å²) in [5.41, 5.74) is 5.82. The van der Waals surface area contributed by atoms with Gasteiger partial charge >= 0.3 is 0 Å². The van der Waals surface area contributed by atoms with E-state index in [0.29, 0.717) is 17.1 Å². The Labute approximate surface area is 99.2 Å². The Morgan fingerprint density at radius 3 is 2.76 bits per heavy atom. The van der Waals surface area contributed by atoms with E-state index < -0.39 is 0 Å². The molecule has 6 nitrogen and oxygen atoms in total. The van der Waals surface area contributed by atoms with Crippen molar-refractivity contribution in [3.63, 3.8) is 0 Å². The van der Waals surface area contributed by atoms with Gasteiger partial charge in [-0.05, 0) is 12.1 Å². The zero-order valence-corrected chi connectivity index (χ0v) is 9.74. The topological polar surface area (TPSA) is 97.4 Å². The maximum absolute atomic E-state index is 11.1. The highest BCUT2D eigenvalue weighted by Crippen LogP contribution is 2.30. The van der Waals surface area contributed by atoms with Gasteiger partial charge < -0.3 is 20.5 Å². The third-order valence-electron chi connectivity index (χ3n) is 2.12. The summed E-state index contributed by atoms with van der Waals surface area (Å²) in [6.45, 7) is -0.156. The Hall–Kier alpha value is -2.24. The first-order valence-corrected chi connectivity index (χ1v) is 4.95. The van der Waals surface area contributed by atoms with E-state index in [0.717, 1.165) is 0 Å². The molecule has 0 radical (unpaired) electrons. The molecule has 17 heavy (non-hydrogen) atoms. The number of amidine groups is 1. The van der Waals surface area contributed by atoms with Gasteiger partial charge in [-0.15, -0.1) is 0 Å². The number of benzene rings is 1. The molecule has 0 aliphatic heterocycles. The predicted molar refractivity (Wildman–Crippen MR) is 63.6 cm³/mol. The van der Waals surface area contributed by atoms with Gasteiger partial charge in [-0.3, -0.25) is 10.2 Å². The van der Waals surface area contributed by atoms with E-state index in [2.05, 4.69) is 5.32 Å². The lowest BCUT2D eigenvalue weighted by molar-refractivity contribution is -0.122. The number of amides is 1. The van der Waals surface area contributed by atoms with Crippen molar-refractivity contribution in [1.82, 2.24) is 5.32 Å². The quantitative estimate of drug-likeness (QED) is 0.500. The molecule has 0 aromatic heterocycles. The van der Waals surface area contributed by atoms with Crippen LogP contribution in [0.25, 0.3) is 0 Å². The van der Waals surface area contributed by atoms with E-state index in [4.69, 9.17) is 20.6 Å². The van der Waals surface area contributed by atoms with Gasteiger partial charge in [-0.2, -0.15) is 0 Å². The molecule has 0 spiro atoms. The van der Waals surface area contributed by atoms with Crippen LogP contribution >= 0.6 is 0 Å². The Kier molecular flexibility index (Phi) is 4.33. The van der Waals surface area contributed by atoms with E-state index in [1.165, 1.54) is 14.2 Å². The molecular formula is C11H15N3O3. The minimum absolute atomic E-state index is 0.143. The number of rotatable bonds is 5. The second-order valence-electron chi connectivity index (χ2n) is 3.21. The lowest BCUT2D eigenvalue weighted by Gasteiger charge is -2.13. The summed E-state index contributed by atoms with van der Waals surface area (Å²) in [7, 11) is 2.99. The summed E-state index contributed by atoms with van der Waals surface area (Å²) in [5, 5.41) is 9.85. The van der Waals surface area contributed by atoms with Gasteiger partial charge in [0, 0.05) is 7.05 Å². The summed E-state index contributed by atoms with van der Waals surface area (Å²) >= 11 is 0. The highest BCUT2D eigenvalue weighted by Gasteiger charge is 2.13. The Balaban J connectivity index is 3.01. The van der Waals surface area contributed by atoms with Crippen LogP contribution in [0.3, 0.4) is 0 Å². The summed E-state index contributed by atoms with van der Waals surface area (Å²) in [6.07, 6.45) is 0. The molecule has 6 heteroatoms. The molecule has 1 rings (SSSR count). The van der Waals surface area contributed by atoms with Gasteiger partial charge in [0.25, 0.3) is 5.91 Å². The molecule has 0 aliphatic rings. The van der Waals surface area contributed by atoms with Crippen molar-refractivity contribution >= 4 is 11.7 Å². The zero-order chi connectivity index (χ0) is 12.8. The average Bonchev–Trinajstić information content (AvgIpc) is 2.35. The van der Waals surface area contributed by atoms with Crippen LogP contribution in [0.2, 0.25) is 0 Å². The number of para-hydroxylation sites is 1. The maximum Gasteiger partial charge on any atom is 0.257 e. The van der Waals surface area contributed by atoms with E-state index in [1.807, 2.05) is 0 Å². The first kappa shape index (κ1) is 12.8. The van der Waals surface area contributed by atoms with Crippen molar-refractivity contribution in [2.24, 2.45) is 5.73 Å². The molecule has 0 atom stereocenters. The first-order chi connectivity index (χ1) is 8.10. The number of ether oxygens (including phenoxy) is 2. The van der Waals surface area contributed by atoms with Gasteiger partial charge in [0.05, 0.1) is 12.7 Å². The number of hydrogen-bond acceptors (Lipinski definition) is 4. The SMILES string of the molecule is CNC(=O)COc1c(OC)cccc1C(=N)N. The van der Waals surface area contributed by atoms with Crippen LogP contribution in [0, 0.1) is 5.41 Å². The maximum atomic E-state index is 11.1. The number of nitrogens with one attached hydrogen (secondary N) is 2. The normalized spacial score (nSPS) is 9.53. The number of carbonyl (C=O) groups excluding carboxylic acids is 1. The predicted octanol–water partition coefficient (Wildman–Crippen LogP) is 0.104. The lowest BCUT2D eigenvalue weighted by Crippen LogP contribution is -2.25. The van der Waals surface area contributed by atoms with Crippen molar-refractivity contribution < 1.29 is 14.3 Å². The minimum Gasteiger partial charge on any atom is -0.493 e. The van der Waals surface area contributed by atoms with Gasteiger partial charge in [0.1, 0.15) is 5.84 Å². The molecule has 0 heterocycles. The molecule has 4 N–H and O–H groups in total. The van der Waals surface area contributed by atoms with Crippen LogP contribution in [0.1, 0.15) is 5.56 Å². The minimum atomic E-state index is -0.273.